The van der Waals surface area contributed by atoms with Gasteiger partial charge in [-0.05, 0) is 17.5 Å². The lowest BCUT2D eigenvalue weighted by molar-refractivity contribution is 0.868. The first-order valence-electron chi connectivity index (χ1n) is 6.29. The van der Waals surface area contributed by atoms with E-state index in [-0.39, 0.29) is 0 Å². The monoisotopic (exact) mass is 236 g/mol. The summed E-state index contributed by atoms with van der Waals surface area (Å²) in [7, 11) is 0. The molecular formula is C16H16N2. The number of rotatable bonds is 2. The van der Waals surface area contributed by atoms with Gasteiger partial charge in [0.2, 0.25) is 0 Å². The van der Waals surface area contributed by atoms with E-state index in [1.165, 1.54) is 10.9 Å². The number of nitrogens with zero attached hydrogens (tertiary/aromatic N) is 1. The molecule has 1 heterocycles. The van der Waals surface area contributed by atoms with Gasteiger partial charge in [-0.1, -0.05) is 56.3 Å². The van der Waals surface area contributed by atoms with Crippen molar-refractivity contribution in [1.82, 2.24) is 10.2 Å². The Labute approximate surface area is 107 Å². The Bertz CT molecular complexity index is 666. The van der Waals surface area contributed by atoms with Crippen LogP contribution in [-0.4, -0.2) is 10.2 Å². The van der Waals surface area contributed by atoms with Crippen molar-refractivity contribution < 1.29 is 0 Å². The Morgan fingerprint density at radius 3 is 2.50 bits per heavy atom. The average molecular weight is 236 g/mol. The molecule has 0 atom stereocenters. The van der Waals surface area contributed by atoms with Gasteiger partial charge < -0.3 is 0 Å². The van der Waals surface area contributed by atoms with Crippen LogP contribution >= 0.6 is 0 Å². The molecule has 18 heavy (non-hydrogen) atoms. The van der Waals surface area contributed by atoms with Crippen LogP contribution in [-0.2, 0) is 0 Å². The summed E-state index contributed by atoms with van der Waals surface area (Å²) in [5.41, 5.74) is 4.63. The SMILES string of the molecule is CC(C)c1ccc2c(-c3ccccc3)n[nH]c2c1. The molecule has 0 fully saturated rings. The van der Waals surface area contributed by atoms with Crippen molar-refractivity contribution in [3.05, 3.63) is 54.1 Å². The standard InChI is InChI=1S/C16H16N2/c1-11(2)13-8-9-14-15(10-13)17-18-16(14)12-6-4-3-5-7-12/h3-11H,1-2H3,(H,17,18). The van der Waals surface area contributed by atoms with Crippen molar-refractivity contribution in [2.45, 2.75) is 19.8 Å². The molecule has 0 spiro atoms. The zero-order valence-corrected chi connectivity index (χ0v) is 10.6. The van der Waals surface area contributed by atoms with Crippen LogP contribution in [0.15, 0.2) is 48.5 Å². The number of aromatic amines is 1. The van der Waals surface area contributed by atoms with E-state index in [9.17, 15) is 0 Å². The maximum absolute atomic E-state index is 4.44. The van der Waals surface area contributed by atoms with Crippen molar-refractivity contribution in [2.75, 3.05) is 0 Å². The molecule has 0 unspecified atom stereocenters. The molecule has 3 aromatic rings. The fourth-order valence-corrected chi connectivity index (χ4v) is 2.21. The molecular weight excluding hydrogens is 220 g/mol. The number of fused-ring (bicyclic) bond motifs is 1. The lowest BCUT2D eigenvalue weighted by Gasteiger charge is -2.04. The molecule has 0 bridgehead atoms. The lowest BCUT2D eigenvalue weighted by Crippen LogP contribution is -1.86. The predicted octanol–water partition coefficient (Wildman–Crippen LogP) is 4.35. The van der Waals surface area contributed by atoms with Crippen LogP contribution in [0.4, 0.5) is 0 Å². The first-order valence-corrected chi connectivity index (χ1v) is 6.29. The second-order valence-electron chi connectivity index (χ2n) is 4.90. The summed E-state index contributed by atoms with van der Waals surface area (Å²) in [5, 5.41) is 8.76. The molecule has 90 valence electrons. The van der Waals surface area contributed by atoms with Crippen LogP contribution in [0.1, 0.15) is 25.3 Å². The van der Waals surface area contributed by atoms with Gasteiger partial charge in [0.1, 0.15) is 0 Å². The maximum atomic E-state index is 4.44. The number of benzene rings is 2. The highest BCUT2D eigenvalue weighted by Crippen LogP contribution is 2.28. The van der Waals surface area contributed by atoms with Crippen molar-refractivity contribution in [3.63, 3.8) is 0 Å². The zero-order valence-electron chi connectivity index (χ0n) is 10.6. The fraction of sp³-hybridized carbons (Fsp3) is 0.188. The Kier molecular flexibility index (Phi) is 2.63. The fourth-order valence-electron chi connectivity index (χ4n) is 2.21. The van der Waals surface area contributed by atoms with Gasteiger partial charge in [-0.3, -0.25) is 5.10 Å². The summed E-state index contributed by atoms with van der Waals surface area (Å²) in [5.74, 6) is 0.540. The lowest BCUT2D eigenvalue weighted by atomic mass is 10.0. The smallest absolute Gasteiger partial charge is 0.0999 e. The van der Waals surface area contributed by atoms with Crippen LogP contribution < -0.4 is 0 Å². The average Bonchev–Trinajstić information content (AvgIpc) is 2.82. The second-order valence-corrected chi connectivity index (χ2v) is 4.90. The van der Waals surface area contributed by atoms with Crippen LogP contribution in [0.25, 0.3) is 22.2 Å². The first-order chi connectivity index (χ1) is 8.75. The molecule has 0 radical (unpaired) electrons. The van der Waals surface area contributed by atoms with Gasteiger partial charge in [-0.2, -0.15) is 5.10 Å². The van der Waals surface area contributed by atoms with Crippen molar-refractivity contribution in [3.8, 4) is 11.3 Å². The highest BCUT2D eigenvalue weighted by atomic mass is 15.1. The topological polar surface area (TPSA) is 28.7 Å². The molecule has 2 nitrogen and oxygen atoms in total. The Hall–Kier alpha value is -2.09. The predicted molar refractivity (Wildman–Crippen MR) is 75.6 cm³/mol. The van der Waals surface area contributed by atoms with E-state index < -0.39 is 0 Å². The Morgan fingerprint density at radius 2 is 1.78 bits per heavy atom. The maximum Gasteiger partial charge on any atom is 0.0999 e. The van der Waals surface area contributed by atoms with Crippen LogP contribution in [0.5, 0.6) is 0 Å². The molecule has 0 amide bonds. The third-order valence-corrected chi connectivity index (χ3v) is 3.30. The summed E-state index contributed by atoms with van der Waals surface area (Å²) in [6.45, 7) is 4.41. The molecule has 0 aliphatic heterocycles. The van der Waals surface area contributed by atoms with Crippen molar-refractivity contribution in [1.29, 1.82) is 0 Å². The van der Waals surface area contributed by atoms with Gasteiger partial charge >= 0.3 is 0 Å². The third-order valence-electron chi connectivity index (χ3n) is 3.30. The first kappa shape index (κ1) is 11.0. The molecule has 0 saturated heterocycles. The van der Waals surface area contributed by atoms with Gasteiger partial charge in [0.05, 0.1) is 11.2 Å². The van der Waals surface area contributed by atoms with E-state index in [0.717, 1.165) is 16.8 Å². The number of hydrogen-bond acceptors (Lipinski definition) is 1. The summed E-state index contributed by atoms with van der Waals surface area (Å²) in [6, 6.07) is 16.8. The molecule has 0 saturated carbocycles. The Balaban J connectivity index is 2.16. The molecule has 2 heteroatoms. The summed E-state index contributed by atoms with van der Waals surface area (Å²) < 4.78 is 0. The van der Waals surface area contributed by atoms with Gasteiger partial charge in [-0.15, -0.1) is 0 Å². The highest BCUT2D eigenvalue weighted by molar-refractivity contribution is 5.93. The minimum atomic E-state index is 0.540. The van der Waals surface area contributed by atoms with Gasteiger partial charge in [-0.25, -0.2) is 0 Å². The molecule has 1 N–H and O–H groups in total. The minimum absolute atomic E-state index is 0.540. The van der Waals surface area contributed by atoms with Gasteiger partial charge in [0.25, 0.3) is 0 Å². The largest absolute Gasteiger partial charge is 0.277 e. The normalized spacial score (nSPS) is 11.3. The van der Waals surface area contributed by atoms with Crippen LogP contribution in [0.3, 0.4) is 0 Å². The highest BCUT2D eigenvalue weighted by Gasteiger charge is 2.09. The van der Waals surface area contributed by atoms with E-state index in [1.807, 2.05) is 18.2 Å². The third kappa shape index (κ3) is 1.80. The number of nitrogens with one attached hydrogen (secondary N) is 1. The number of aromatic nitrogens is 2. The number of H-pyrrole nitrogens is 1. The Morgan fingerprint density at radius 1 is 1.00 bits per heavy atom. The van der Waals surface area contributed by atoms with E-state index in [0.29, 0.717) is 5.92 Å². The second kappa shape index (κ2) is 4.30. The van der Waals surface area contributed by atoms with Crippen molar-refractivity contribution >= 4 is 10.9 Å². The molecule has 0 aliphatic carbocycles. The van der Waals surface area contributed by atoms with E-state index in [4.69, 9.17) is 0 Å². The molecule has 1 aromatic heterocycles. The van der Waals surface area contributed by atoms with Crippen LogP contribution in [0.2, 0.25) is 0 Å². The van der Waals surface area contributed by atoms with Gasteiger partial charge in [0.15, 0.2) is 0 Å². The molecule has 2 aromatic carbocycles. The summed E-state index contributed by atoms with van der Waals surface area (Å²) in [4.78, 5) is 0. The minimum Gasteiger partial charge on any atom is -0.277 e. The summed E-state index contributed by atoms with van der Waals surface area (Å²) in [6.07, 6.45) is 0. The quantitative estimate of drug-likeness (QED) is 0.704. The number of hydrogen-bond donors (Lipinski definition) is 1. The van der Waals surface area contributed by atoms with Crippen molar-refractivity contribution in [2.24, 2.45) is 0 Å². The summed E-state index contributed by atoms with van der Waals surface area (Å²) >= 11 is 0. The van der Waals surface area contributed by atoms with Crippen LogP contribution in [0, 0.1) is 0 Å². The van der Waals surface area contributed by atoms with E-state index >= 15 is 0 Å². The van der Waals surface area contributed by atoms with E-state index in [1.54, 1.807) is 0 Å². The van der Waals surface area contributed by atoms with Gasteiger partial charge in [0, 0.05) is 10.9 Å². The zero-order chi connectivity index (χ0) is 12.5. The molecule has 0 aliphatic rings. The molecule has 3 rings (SSSR count). The van der Waals surface area contributed by atoms with E-state index in [2.05, 4.69) is 54.4 Å².